The van der Waals surface area contributed by atoms with Crippen molar-refractivity contribution in [1.82, 2.24) is 4.98 Å². The van der Waals surface area contributed by atoms with Gasteiger partial charge in [0.15, 0.2) is 0 Å². The lowest BCUT2D eigenvalue weighted by molar-refractivity contribution is 0.0143. The van der Waals surface area contributed by atoms with E-state index in [4.69, 9.17) is 33.3 Å². The van der Waals surface area contributed by atoms with Gasteiger partial charge in [0.2, 0.25) is 5.13 Å². The van der Waals surface area contributed by atoms with E-state index >= 15 is 0 Å². The minimum Gasteiger partial charge on any atom is -0.378 e. The summed E-state index contributed by atoms with van der Waals surface area (Å²) in [6.45, 7) is 4.74. The number of halogens is 2. The molecule has 2 unspecified atom stereocenters. The summed E-state index contributed by atoms with van der Waals surface area (Å²) in [5.74, 6) is 1.17. The first-order valence-corrected chi connectivity index (χ1v) is 13.1. The fraction of sp³-hybridized carbons (Fsp3) is 0.333. The second-order valence-electron chi connectivity index (χ2n) is 9.94. The molecule has 0 saturated heterocycles. The van der Waals surface area contributed by atoms with Crippen LogP contribution in [0.2, 0.25) is 10.0 Å². The lowest BCUT2D eigenvalue weighted by atomic mass is 9.47. The molecule has 3 aromatic rings. The van der Waals surface area contributed by atoms with Gasteiger partial charge in [0.25, 0.3) is 0 Å². The highest BCUT2D eigenvalue weighted by Crippen LogP contribution is 2.59. The highest BCUT2D eigenvalue weighted by atomic mass is 35.5. The summed E-state index contributed by atoms with van der Waals surface area (Å²) in [4.78, 5) is 6.84. The minimum atomic E-state index is 0.279. The van der Waals surface area contributed by atoms with Gasteiger partial charge in [-0.25, -0.2) is 4.98 Å². The Kier molecular flexibility index (Phi) is 6.21. The zero-order valence-corrected chi connectivity index (χ0v) is 22.1. The van der Waals surface area contributed by atoms with Crippen molar-refractivity contribution in [1.29, 1.82) is 0 Å². The van der Waals surface area contributed by atoms with Gasteiger partial charge in [0, 0.05) is 36.6 Å². The lowest BCUT2D eigenvalue weighted by Gasteiger charge is -2.57. The van der Waals surface area contributed by atoms with Crippen LogP contribution in [0.5, 0.6) is 0 Å². The van der Waals surface area contributed by atoms with E-state index in [0.29, 0.717) is 21.9 Å². The van der Waals surface area contributed by atoms with Crippen LogP contribution in [0.15, 0.2) is 58.5 Å². The van der Waals surface area contributed by atoms with Crippen molar-refractivity contribution in [3.63, 3.8) is 0 Å². The van der Waals surface area contributed by atoms with Crippen LogP contribution in [-0.4, -0.2) is 24.8 Å². The van der Waals surface area contributed by atoms with Crippen LogP contribution in [-0.2, 0) is 0 Å². The van der Waals surface area contributed by atoms with Crippen LogP contribution in [0, 0.1) is 17.3 Å². The van der Waals surface area contributed by atoms with Gasteiger partial charge in [-0.1, -0.05) is 55.2 Å². The van der Waals surface area contributed by atoms with E-state index in [2.05, 4.69) is 68.6 Å². The van der Waals surface area contributed by atoms with Gasteiger partial charge >= 0.3 is 0 Å². The number of thiazole rings is 1. The second-order valence-corrected chi connectivity index (χ2v) is 11.6. The fourth-order valence-corrected chi connectivity index (χ4v) is 5.95. The molecule has 4 nitrogen and oxygen atoms in total. The van der Waals surface area contributed by atoms with Crippen LogP contribution in [0.1, 0.15) is 32.3 Å². The third-order valence-corrected chi connectivity index (χ3v) is 8.82. The smallest absolute Gasteiger partial charge is 0.203 e. The number of rotatable bonds is 5. The molecule has 2 aromatic carbocycles. The minimum absolute atomic E-state index is 0.279. The second kappa shape index (κ2) is 9.03. The normalized spacial score (nSPS) is 23.1. The molecular weight excluding hydrogens is 483 g/mol. The summed E-state index contributed by atoms with van der Waals surface area (Å²) < 4.78 is 0. The Morgan fingerprint density at radius 2 is 1.88 bits per heavy atom. The third-order valence-electron chi connectivity index (χ3n) is 7.34. The van der Waals surface area contributed by atoms with Crippen LogP contribution in [0.3, 0.4) is 0 Å². The summed E-state index contributed by atoms with van der Waals surface area (Å²) in [7, 11) is 4.12. The van der Waals surface area contributed by atoms with Gasteiger partial charge in [0.1, 0.15) is 0 Å². The number of hydrogen-bond donors (Lipinski definition) is 1. The number of nitrogens with one attached hydrogen (secondary N) is 1. The number of fused-ring (bicyclic) bond motifs is 2. The highest BCUT2D eigenvalue weighted by molar-refractivity contribution is 7.14. The molecule has 0 radical (unpaired) electrons. The largest absolute Gasteiger partial charge is 0.378 e. The molecule has 34 heavy (non-hydrogen) atoms. The van der Waals surface area contributed by atoms with Crippen molar-refractivity contribution in [3.05, 3.63) is 69.0 Å². The van der Waals surface area contributed by atoms with E-state index in [-0.39, 0.29) is 5.41 Å². The van der Waals surface area contributed by atoms with Gasteiger partial charge < -0.3 is 4.90 Å². The Balaban J connectivity index is 1.41. The number of hydrazone groups is 1. The molecule has 6 rings (SSSR count). The molecule has 0 amide bonds. The van der Waals surface area contributed by atoms with Gasteiger partial charge in [-0.2, -0.15) is 5.10 Å². The van der Waals surface area contributed by atoms with Gasteiger partial charge in [-0.3, -0.25) is 5.43 Å². The highest BCUT2D eigenvalue weighted by Gasteiger charge is 2.54. The van der Waals surface area contributed by atoms with Gasteiger partial charge in [-0.05, 0) is 65.7 Å². The standard InChI is InChI=1S/C27H28Cl2N4S/c1-27(2)19-12-18(11-16-5-8-20(9-6-16)33(3)4)25(21(27)14-19)31-32-26-30-24(15-34-26)17-7-10-22(28)23(29)13-17/h5-11,13,15,19,21H,12,14H2,1-4H3,(H,30,32). The maximum atomic E-state index is 6.18. The molecule has 3 fully saturated rings. The first-order valence-electron chi connectivity index (χ1n) is 11.5. The van der Waals surface area contributed by atoms with E-state index in [1.54, 1.807) is 6.07 Å². The van der Waals surface area contributed by atoms with Crippen molar-refractivity contribution >= 4 is 57.1 Å². The Morgan fingerprint density at radius 1 is 1.12 bits per heavy atom. The Bertz CT molecular complexity index is 1270. The molecule has 7 heteroatoms. The molecule has 3 saturated carbocycles. The molecule has 1 heterocycles. The van der Waals surface area contributed by atoms with Crippen molar-refractivity contribution in [2.75, 3.05) is 24.4 Å². The summed E-state index contributed by atoms with van der Waals surface area (Å²) in [6.07, 6.45) is 4.57. The molecular formula is C27H28Cl2N4S. The maximum Gasteiger partial charge on any atom is 0.203 e. The summed E-state index contributed by atoms with van der Waals surface area (Å²) in [5.41, 5.74) is 10.2. The number of hydrogen-bond acceptors (Lipinski definition) is 5. The zero-order valence-electron chi connectivity index (χ0n) is 19.8. The Morgan fingerprint density at radius 3 is 2.56 bits per heavy atom. The number of allylic oxidation sites excluding steroid dienone is 1. The molecule has 0 spiro atoms. The predicted molar refractivity (Wildman–Crippen MR) is 147 cm³/mol. The van der Waals surface area contributed by atoms with Crippen LogP contribution in [0.4, 0.5) is 10.8 Å². The summed E-state index contributed by atoms with van der Waals surface area (Å²) >= 11 is 13.8. The van der Waals surface area contributed by atoms with E-state index in [9.17, 15) is 0 Å². The molecule has 2 atom stereocenters. The molecule has 1 aromatic heterocycles. The molecule has 1 N–H and O–H groups in total. The van der Waals surface area contributed by atoms with Gasteiger partial charge in [-0.15, -0.1) is 11.3 Å². The number of nitrogens with zero attached hydrogens (tertiary/aromatic N) is 3. The van der Waals surface area contributed by atoms with Crippen molar-refractivity contribution in [2.24, 2.45) is 22.4 Å². The third kappa shape index (κ3) is 4.37. The van der Waals surface area contributed by atoms with Crippen molar-refractivity contribution < 1.29 is 0 Å². The molecule has 176 valence electrons. The summed E-state index contributed by atoms with van der Waals surface area (Å²) in [5, 5.41) is 8.76. The summed E-state index contributed by atoms with van der Waals surface area (Å²) in [6, 6.07) is 14.3. The van der Waals surface area contributed by atoms with E-state index in [0.717, 1.165) is 28.5 Å². The maximum absolute atomic E-state index is 6.18. The quantitative estimate of drug-likeness (QED) is 0.352. The topological polar surface area (TPSA) is 40.5 Å². The number of anilines is 2. The number of benzene rings is 2. The van der Waals surface area contributed by atoms with Crippen molar-refractivity contribution in [3.8, 4) is 11.3 Å². The first kappa shape index (κ1) is 23.4. The SMILES string of the molecule is CN(C)c1ccc(C=C2CC3CC(C2=NNc2nc(-c4ccc(Cl)c(Cl)c4)cs2)C3(C)C)cc1. The Labute approximate surface area is 215 Å². The average Bonchev–Trinajstić information content (AvgIpc) is 3.29. The van der Waals surface area contributed by atoms with E-state index in [1.807, 2.05) is 17.5 Å². The molecule has 3 aliphatic rings. The monoisotopic (exact) mass is 510 g/mol. The zero-order chi connectivity index (χ0) is 24.0. The lowest BCUT2D eigenvalue weighted by Crippen LogP contribution is -2.53. The number of aromatic nitrogens is 1. The molecule has 2 bridgehead atoms. The fourth-order valence-electron chi connectivity index (χ4n) is 4.99. The van der Waals surface area contributed by atoms with E-state index in [1.165, 1.54) is 34.6 Å². The van der Waals surface area contributed by atoms with E-state index < -0.39 is 0 Å². The molecule has 0 aliphatic heterocycles. The predicted octanol–water partition coefficient (Wildman–Crippen LogP) is 8.10. The Hall–Kier alpha value is -2.34. The van der Waals surface area contributed by atoms with Crippen LogP contribution >= 0.6 is 34.5 Å². The van der Waals surface area contributed by atoms with Crippen LogP contribution < -0.4 is 10.3 Å². The van der Waals surface area contributed by atoms with Crippen LogP contribution in [0.25, 0.3) is 17.3 Å². The first-order chi connectivity index (χ1) is 16.2. The van der Waals surface area contributed by atoms with Crippen molar-refractivity contribution in [2.45, 2.75) is 26.7 Å². The average molecular weight is 512 g/mol. The van der Waals surface area contributed by atoms with Gasteiger partial charge in [0.05, 0.1) is 21.5 Å². The molecule has 3 aliphatic carbocycles.